The molecule has 2 rings (SSSR count). The number of benzene rings is 1. The predicted octanol–water partition coefficient (Wildman–Crippen LogP) is 1.40. The lowest BCUT2D eigenvalue weighted by Crippen LogP contribution is -2.29. The van der Waals surface area contributed by atoms with E-state index in [1.54, 1.807) is 26.8 Å². The Kier molecular flexibility index (Phi) is 6.68. The van der Waals surface area contributed by atoms with Crippen LogP contribution in [0, 0.1) is 13.8 Å². The number of carbonyl (C=O) groups excluding carboxylic acids is 2. The molecule has 1 amide bonds. The summed E-state index contributed by atoms with van der Waals surface area (Å²) in [4.78, 5) is 39.2. The van der Waals surface area contributed by atoms with Gasteiger partial charge in [0, 0.05) is 11.9 Å². The Morgan fingerprint density at radius 3 is 2.63 bits per heavy atom. The smallest absolute Gasteiger partial charge is 0.338 e. The summed E-state index contributed by atoms with van der Waals surface area (Å²) < 4.78 is 5.09. The topological polar surface area (TPSA) is 104 Å². The van der Waals surface area contributed by atoms with E-state index in [-0.39, 0.29) is 23.6 Å². The number of rotatable bonds is 7. The minimum atomic E-state index is -0.486. The van der Waals surface area contributed by atoms with Gasteiger partial charge in [0.05, 0.1) is 17.6 Å². The van der Waals surface area contributed by atoms with Crippen LogP contribution in [-0.2, 0) is 4.74 Å². The van der Waals surface area contributed by atoms with E-state index in [0.29, 0.717) is 28.6 Å². The van der Waals surface area contributed by atoms with E-state index in [1.165, 1.54) is 0 Å². The zero-order valence-corrected chi connectivity index (χ0v) is 16.4. The Labute approximate surface area is 157 Å². The average Bonchev–Trinajstić information content (AvgIpc) is 2.58. The van der Waals surface area contributed by atoms with Crippen LogP contribution < -0.4 is 10.9 Å². The van der Waals surface area contributed by atoms with Gasteiger partial charge in [-0.25, -0.2) is 9.89 Å². The van der Waals surface area contributed by atoms with Crippen molar-refractivity contribution in [2.75, 3.05) is 33.8 Å². The Bertz CT molecular complexity index is 918. The van der Waals surface area contributed by atoms with Crippen molar-refractivity contribution in [1.82, 2.24) is 20.4 Å². The number of carbonyl (C=O) groups is 2. The van der Waals surface area contributed by atoms with E-state index >= 15 is 0 Å². The molecule has 0 fully saturated rings. The van der Waals surface area contributed by atoms with Gasteiger partial charge in [-0.3, -0.25) is 9.59 Å². The van der Waals surface area contributed by atoms with Crippen molar-refractivity contribution in [1.29, 1.82) is 0 Å². The molecule has 0 saturated carbocycles. The molecule has 8 heteroatoms. The third-order valence-electron chi connectivity index (χ3n) is 4.29. The maximum atomic E-state index is 12.6. The number of aromatic nitrogens is 2. The lowest BCUT2D eigenvalue weighted by atomic mass is 9.95. The molecule has 0 bridgehead atoms. The molecule has 1 heterocycles. The zero-order chi connectivity index (χ0) is 20.1. The van der Waals surface area contributed by atoms with Gasteiger partial charge in [-0.05, 0) is 65.0 Å². The van der Waals surface area contributed by atoms with E-state index in [0.717, 1.165) is 13.0 Å². The molecule has 1 aromatic heterocycles. The molecular weight excluding hydrogens is 348 g/mol. The first kappa shape index (κ1) is 20.6. The Morgan fingerprint density at radius 1 is 1.30 bits per heavy atom. The monoisotopic (exact) mass is 374 g/mol. The van der Waals surface area contributed by atoms with Crippen molar-refractivity contribution < 1.29 is 14.3 Å². The molecule has 0 aliphatic heterocycles. The highest BCUT2D eigenvalue weighted by molar-refractivity contribution is 6.08. The Morgan fingerprint density at radius 2 is 2.00 bits per heavy atom. The fourth-order valence-electron chi connectivity index (χ4n) is 3.06. The third kappa shape index (κ3) is 4.51. The van der Waals surface area contributed by atoms with E-state index in [4.69, 9.17) is 4.74 Å². The maximum absolute atomic E-state index is 12.6. The van der Waals surface area contributed by atoms with Crippen LogP contribution in [0.5, 0.6) is 0 Å². The van der Waals surface area contributed by atoms with Crippen molar-refractivity contribution in [2.45, 2.75) is 27.2 Å². The standard InChI is InChI=1S/C19H26N4O4/c1-6-27-19(26)14-11(2)10-13-15(12(14)3)17(24)22-21-16(13)18(25)20-8-7-9-23(4)5/h10H,6-9H2,1-5H3,(H,20,25)(H,22,24). The Balaban J connectivity index is 2.46. The van der Waals surface area contributed by atoms with Gasteiger partial charge >= 0.3 is 5.97 Å². The summed E-state index contributed by atoms with van der Waals surface area (Å²) >= 11 is 0. The van der Waals surface area contributed by atoms with Crippen LogP contribution in [-0.4, -0.2) is 60.8 Å². The van der Waals surface area contributed by atoms with E-state index in [1.807, 2.05) is 19.0 Å². The molecule has 2 aromatic rings. The number of aromatic amines is 1. The number of ether oxygens (including phenoxy) is 1. The number of esters is 1. The molecule has 27 heavy (non-hydrogen) atoms. The molecule has 0 aliphatic rings. The number of hydrogen-bond donors (Lipinski definition) is 2. The summed E-state index contributed by atoms with van der Waals surface area (Å²) in [6, 6.07) is 1.64. The molecule has 8 nitrogen and oxygen atoms in total. The molecule has 0 radical (unpaired) electrons. The number of fused-ring (bicyclic) bond motifs is 1. The Hall–Kier alpha value is -2.74. The maximum Gasteiger partial charge on any atom is 0.338 e. The lowest BCUT2D eigenvalue weighted by Gasteiger charge is -2.14. The van der Waals surface area contributed by atoms with Crippen LogP contribution in [0.4, 0.5) is 0 Å². The molecule has 0 aliphatic carbocycles. The number of amides is 1. The fourth-order valence-corrected chi connectivity index (χ4v) is 3.06. The summed E-state index contributed by atoms with van der Waals surface area (Å²) in [5.41, 5.74) is 1.15. The molecule has 0 atom stereocenters. The van der Waals surface area contributed by atoms with Gasteiger partial charge in [0.1, 0.15) is 0 Å². The molecule has 1 aromatic carbocycles. The predicted molar refractivity (Wildman–Crippen MR) is 103 cm³/mol. The second-order valence-electron chi connectivity index (χ2n) is 6.65. The van der Waals surface area contributed by atoms with Gasteiger partial charge in [0.25, 0.3) is 11.5 Å². The first-order chi connectivity index (χ1) is 12.8. The number of H-pyrrole nitrogens is 1. The van der Waals surface area contributed by atoms with Crippen molar-refractivity contribution in [2.24, 2.45) is 0 Å². The van der Waals surface area contributed by atoms with Gasteiger partial charge < -0.3 is 15.0 Å². The van der Waals surface area contributed by atoms with Gasteiger partial charge in [-0.1, -0.05) is 0 Å². The summed E-state index contributed by atoms with van der Waals surface area (Å²) in [6.45, 7) is 6.73. The van der Waals surface area contributed by atoms with Crippen LogP contribution in [0.1, 0.15) is 45.3 Å². The quantitative estimate of drug-likeness (QED) is 0.561. The summed E-state index contributed by atoms with van der Waals surface area (Å²) in [7, 11) is 3.93. The second-order valence-corrected chi connectivity index (χ2v) is 6.65. The molecule has 2 N–H and O–H groups in total. The van der Waals surface area contributed by atoms with Gasteiger partial charge in [0.15, 0.2) is 5.69 Å². The van der Waals surface area contributed by atoms with Crippen LogP contribution in [0.3, 0.4) is 0 Å². The zero-order valence-electron chi connectivity index (χ0n) is 16.4. The fraction of sp³-hybridized carbons (Fsp3) is 0.474. The summed E-state index contributed by atoms with van der Waals surface area (Å²) in [6.07, 6.45) is 0.797. The van der Waals surface area contributed by atoms with Gasteiger partial charge in [-0.15, -0.1) is 0 Å². The SMILES string of the molecule is CCOC(=O)c1c(C)cc2c(C(=O)NCCCN(C)C)n[nH]c(=O)c2c1C. The van der Waals surface area contributed by atoms with Crippen molar-refractivity contribution >= 4 is 22.6 Å². The first-order valence-corrected chi connectivity index (χ1v) is 8.90. The lowest BCUT2D eigenvalue weighted by molar-refractivity contribution is 0.0524. The highest BCUT2D eigenvalue weighted by atomic mass is 16.5. The largest absolute Gasteiger partial charge is 0.462 e. The van der Waals surface area contributed by atoms with Crippen LogP contribution >= 0.6 is 0 Å². The number of nitrogens with zero attached hydrogens (tertiary/aromatic N) is 2. The number of aryl methyl sites for hydroxylation is 2. The third-order valence-corrected chi connectivity index (χ3v) is 4.29. The van der Waals surface area contributed by atoms with Gasteiger partial charge in [0.2, 0.25) is 0 Å². The summed E-state index contributed by atoms with van der Waals surface area (Å²) in [5.74, 6) is -0.849. The van der Waals surface area contributed by atoms with E-state index < -0.39 is 11.5 Å². The number of hydrogen-bond acceptors (Lipinski definition) is 6. The highest BCUT2D eigenvalue weighted by Crippen LogP contribution is 2.25. The van der Waals surface area contributed by atoms with Crippen LogP contribution in [0.2, 0.25) is 0 Å². The van der Waals surface area contributed by atoms with Crippen LogP contribution in [0.25, 0.3) is 10.8 Å². The minimum absolute atomic E-state index is 0.135. The molecule has 0 unspecified atom stereocenters. The molecule has 0 saturated heterocycles. The van der Waals surface area contributed by atoms with Crippen molar-refractivity contribution in [3.05, 3.63) is 38.8 Å². The summed E-state index contributed by atoms with van der Waals surface area (Å²) in [5, 5.41) is 9.82. The number of nitrogens with one attached hydrogen (secondary N) is 2. The normalized spacial score (nSPS) is 11.0. The molecule has 0 spiro atoms. The van der Waals surface area contributed by atoms with Crippen molar-refractivity contribution in [3.63, 3.8) is 0 Å². The molecule has 146 valence electrons. The highest BCUT2D eigenvalue weighted by Gasteiger charge is 2.22. The van der Waals surface area contributed by atoms with Crippen LogP contribution in [0.15, 0.2) is 10.9 Å². The minimum Gasteiger partial charge on any atom is -0.462 e. The second kappa shape index (κ2) is 8.77. The van der Waals surface area contributed by atoms with E-state index in [2.05, 4.69) is 15.5 Å². The molecular formula is C19H26N4O4. The van der Waals surface area contributed by atoms with E-state index in [9.17, 15) is 14.4 Å². The first-order valence-electron chi connectivity index (χ1n) is 8.90. The van der Waals surface area contributed by atoms with Crippen molar-refractivity contribution in [3.8, 4) is 0 Å². The average molecular weight is 374 g/mol. The van der Waals surface area contributed by atoms with Gasteiger partial charge in [-0.2, -0.15) is 5.10 Å².